The lowest BCUT2D eigenvalue weighted by Gasteiger charge is -2.39. The van der Waals surface area contributed by atoms with Gasteiger partial charge >= 0.3 is 0 Å². The zero-order chi connectivity index (χ0) is 13.4. The lowest BCUT2D eigenvalue weighted by Crippen LogP contribution is -2.41. The summed E-state index contributed by atoms with van der Waals surface area (Å²) in [6.07, 6.45) is 2.78. The lowest BCUT2D eigenvalue weighted by atomic mass is 9.63. The van der Waals surface area contributed by atoms with E-state index >= 15 is 0 Å². The van der Waals surface area contributed by atoms with Crippen LogP contribution in [-0.4, -0.2) is 5.78 Å². The van der Waals surface area contributed by atoms with E-state index in [1.54, 1.807) is 0 Å². The Hall–Kier alpha value is -1.11. The first-order valence-electron chi connectivity index (χ1n) is 6.95. The van der Waals surface area contributed by atoms with Crippen molar-refractivity contribution in [2.24, 2.45) is 16.7 Å². The van der Waals surface area contributed by atoms with E-state index in [1.165, 1.54) is 6.42 Å². The highest BCUT2D eigenvalue weighted by Crippen LogP contribution is 2.56. The number of Topliss-reactive ketones (excluding diaryl/α,β-unsaturated/α-hetero) is 1. The molecule has 18 heavy (non-hydrogen) atoms. The second-order valence-corrected chi connectivity index (χ2v) is 6.58. The lowest BCUT2D eigenvalue weighted by molar-refractivity contribution is -0.132. The van der Waals surface area contributed by atoms with Crippen molar-refractivity contribution in [2.75, 3.05) is 0 Å². The molecule has 0 aliphatic heterocycles. The molecule has 0 bridgehead atoms. The fraction of sp³-hybridized carbons (Fsp3) is 0.588. The Morgan fingerprint density at radius 2 is 1.83 bits per heavy atom. The zero-order valence-electron chi connectivity index (χ0n) is 12.0. The zero-order valence-corrected chi connectivity index (χ0v) is 12.0. The molecule has 1 heteroatoms. The molecule has 1 fully saturated rings. The van der Waals surface area contributed by atoms with Gasteiger partial charge in [-0.1, -0.05) is 58.0 Å². The van der Waals surface area contributed by atoms with Gasteiger partial charge in [-0.25, -0.2) is 0 Å². The molecule has 0 unspecified atom stereocenters. The Labute approximate surface area is 111 Å². The number of hydrogen-bond acceptors (Lipinski definition) is 1. The molecule has 0 heterocycles. The Balaban J connectivity index is 2.19. The molecule has 1 aromatic carbocycles. The molecular weight excluding hydrogens is 220 g/mol. The largest absolute Gasteiger partial charge is 0.299 e. The molecule has 1 nitrogen and oxygen atoms in total. The van der Waals surface area contributed by atoms with Crippen molar-refractivity contribution in [2.45, 2.75) is 47.0 Å². The van der Waals surface area contributed by atoms with Gasteiger partial charge in [0.05, 0.1) is 0 Å². The van der Waals surface area contributed by atoms with Crippen LogP contribution in [0.25, 0.3) is 0 Å². The van der Waals surface area contributed by atoms with Crippen LogP contribution in [0.4, 0.5) is 0 Å². The first-order chi connectivity index (χ1) is 8.38. The van der Waals surface area contributed by atoms with E-state index in [0.29, 0.717) is 18.1 Å². The Morgan fingerprint density at radius 3 is 2.33 bits per heavy atom. The van der Waals surface area contributed by atoms with Gasteiger partial charge in [0.15, 0.2) is 0 Å². The molecule has 1 aliphatic carbocycles. The molecule has 0 saturated heterocycles. The second-order valence-electron chi connectivity index (χ2n) is 6.58. The van der Waals surface area contributed by atoms with Crippen LogP contribution in [0.1, 0.15) is 46.1 Å². The predicted molar refractivity (Wildman–Crippen MR) is 75.4 cm³/mol. The van der Waals surface area contributed by atoms with Crippen molar-refractivity contribution in [3.8, 4) is 0 Å². The molecule has 0 spiro atoms. The van der Waals surface area contributed by atoms with Crippen molar-refractivity contribution in [3.05, 3.63) is 35.9 Å². The van der Waals surface area contributed by atoms with Crippen molar-refractivity contribution in [1.82, 2.24) is 0 Å². The molecule has 0 amide bonds. The van der Waals surface area contributed by atoms with Crippen LogP contribution in [0.15, 0.2) is 30.3 Å². The van der Waals surface area contributed by atoms with Crippen LogP contribution < -0.4 is 0 Å². The second kappa shape index (κ2) is 4.53. The fourth-order valence-corrected chi connectivity index (χ4v) is 3.21. The molecule has 98 valence electrons. The van der Waals surface area contributed by atoms with Crippen LogP contribution in [0.2, 0.25) is 0 Å². The highest BCUT2D eigenvalue weighted by molar-refractivity contribution is 5.87. The minimum atomic E-state index is -0.164. The summed E-state index contributed by atoms with van der Waals surface area (Å²) in [5, 5.41) is 0. The summed E-state index contributed by atoms with van der Waals surface area (Å²) >= 11 is 0. The molecule has 1 aromatic rings. The number of ketones is 1. The van der Waals surface area contributed by atoms with E-state index in [1.807, 2.05) is 30.3 Å². The molecular formula is C17H24O. The average Bonchev–Trinajstić information content (AvgIpc) is 2.55. The third-order valence-electron chi connectivity index (χ3n) is 5.55. The predicted octanol–water partition coefficient (Wildman–Crippen LogP) is 4.26. The van der Waals surface area contributed by atoms with Crippen LogP contribution >= 0.6 is 0 Å². The van der Waals surface area contributed by atoms with E-state index in [9.17, 15) is 4.79 Å². The Kier molecular flexibility index (Phi) is 3.35. The first kappa shape index (κ1) is 13.3. The maximum Gasteiger partial charge on any atom is 0.143 e. The molecule has 0 aromatic heterocycles. The van der Waals surface area contributed by atoms with E-state index in [2.05, 4.69) is 27.7 Å². The van der Waals surface area contributed by atoms with E-state index in [0.717, 1.165) is 12.0 Å². The normalized spacial score (nSPS) is 30.3. The fourth-order valence-electron chi connectivity index (χ4n) is 3.21. The maximum absolute atomic E-state index is 12.7. The number of carbonyl (C=O) groups excluding carboxylic acids is 1. The molecule has 1 aliphatic rings. The van der Waals surface area contributed by atoms with Crippen LogP contribution in [-0.2, 0) is 11.2 Å². The summed E-state index contributed by atoms with van der Waals surface area (Å²) in [6.45, 7) is 8.96. The monoisotopic (exact) mass is 244 g/mol. The van der Waals surface area contributed by atoms with Gasteiger partial charge in [0, 0.05) is 11.8 Å². The minimum absolute atomic E-state index is 0.110. The SMILES string of the molecule is C[C@H]1CC[C@](C)(C(=O)Cc2ccccc2)C1(C)C. The highest BCUT2D eigenvalue weighted by Gasteiger charge is 2.53. The summed E-state index contributed by atoms with van der Waals surface area (Å²) in [6, 6.07) is 10.1. The molecule has 2 rings (SSSR count). The standard InChI is InChI=1S/C17H24O/c1-13-10-11-17(4,16(13,2)3)15(18)12-14-8-6-5-7-9-14/h5-9,13H,10-12H2,1-4H3/t13-,17+/m0/s1. The summed E-state index contributed by atoms with van der Waals surface area (Å²) in [5.41, 5.74) is 1.08. The Bertz CT molecular complexity index is 432. The van der Waals surface area contributed by atoms with Crippen molar-refractivity contribution < 1.29 is 4.79 Å². The average molecular weight is 244 g/mol. The quantitative estimate of drug-likeness (QED) is 0.776. The maximum atomic E-state index is 12.7. The smallest absolute Gasteiger partial charge is 0.143 e. The van der Waals surface area contributed by atoms with Crippen LogP contribution in [0.3, 0.4) is 0 Å². The van der Waals surface area contributed by atoms with Crippen LogP contribution in [0, 0.1) is 16.7 Å². The van der Waals surface area contributed by atoms with Gasteiger partial charge in [0.2, 0.25) is 0 Å². The number of carbonyl (C=O) groups is 1. The molecule has 2 atom stereocenters. The van der Waals surface area contributed by atoms with E-state index in [-0.39, 0.29) is 10.8 Å². The summed E-state index contributed by atoms with van der Waals surface area (Å²) < 4.78 is 0. The van der Waals surface area contributed by atoms with Crippen molar-refractivity contribution >= 4 is 5.78 Å². The molecule has 0 radical (unpaired) electrons. The summed E-state index contributed by atoms with van der Waals surface area (Å²) in [7, 11) is 0. The number of hydrogen-bond donors (Lipinski definition) is 0. The minimum Gasteiger partial charge on any atom is -0.299 e. The molecule has 0 N–H and O–H groups in total. The Morgan fingerprint density at radius 1 is 1.22 bits per heavy atom. The topological polar surface area (TPSA) is 17.1 Å². The van der Waals surface area contributed by atoms with Gasteiger partial charge in [-0.15, -0.1) is 0 Å². The van der Waals surface area contributed by atoms with Gasteiger partial charge in [-0.2, -0.15) is 0 Å². The first-order valence-corrected chi connectivity index (χ1v) is 6.95. The highest BCUT2D eigenvalue weighted by atomic mass is 16.1. The summed E-state index contributed by atoms with van der Waals surface area (Å²) in [4.78, 5) is 12.7. The van der Waals surface area contributed by atoms with Gasteiger partial charge in [-0.3, -0.25) is 4.79 Å². The van der Waals surface area contributed by atoms with Crippen molar-refractivity contribution in [3.63, 3.8) is 0 Å². The van der Waals surface area contributed by atoms with Gasteiger partial charge < -0.3 is 0 Å². The van der Waals surface area contributed by atoms with E-state index < -0.39 is 0 Å². The van der Waals surface area contributed by atoms with E-state index in [4.69, 9.17) is 0 Å². The van der Waals surface area contributed by atoms with Crippen molar-refractivity contribution in [1.29, 1.82) is 0 Å². The van der Waals surface area contributed by atoms with Gasteiger partial charge in [0.25, 0.3) is 0 Å². The number of rotatable bonds is 3. The molecule has 1 saturated carbocycles. The summed E-state index contributed by atoms with van der Waals surface area (Å²) in [5.74, 6) is 1.03. The number of benzene rings is 1. The van der Waals surface area contributed by atoms with Gasteiger partial charge in [0.1, 0.15) is 5.78 Å². The third kappa shape index (κ3) is 2.00. The van der Waals surface area contributed by atoms with Crippen LogP contribution in [0.5, 0.6) is 0 Å². The third-order valence-corrected chi connectivity index (χ3v) is 5.55. The van der Waals surface area contributed by atoms with Gasteiger partial charge in [-0.05, 0) is 29.7 Å².